The lowest BCUT2D eigenvalue weighted by molar-refractivity contribution is -0.911. The van der Waals surface area contributed by atoms with Gasteiger partial charge in [-0.25, -0.2) is 0 Å². The number of nitrogens with zero attached hydrogens (tertiary/aromatic N) is 1. The highest BCUT2D eigenvalue weighted by molar-refractivity contribution is 5.70. The van der Waals surface area contributed by atoms with Crippen LogP contribution in [-0.2, 0) is 19.1 Å². The zero-order valence-electron chi connectivity index (χ0n) is 33.2. The van der Waals surface area contributed by atoms with Crippen LogP contribution < -0.4 is 24.0 Å². The van der Waals surface area contributed by atoms with Crippen molar-refractivity contribution in [2.75, 3.05) is 34.0 Å². The highest BCUT2D eigenvalue weighted by atomic mass is 127. The molecule has 0 saturated carbocycles. The number of aliphatic hydroxyl groups is 1. The topological polar surface area (TPSA) is 72.8 Å². The van der Waals surface area contributed by atoms with Gasteiger partial charge in [-0.05, 0) is 12.8 Å². The third-order valence-corrected chi connectivity index (χ3v) is 9.78. The number of carbonyl (C=O) groups excluding carboxylic acids is 2. The zero-order chi connectivity index (χ0) is 35.4. The summed E-state index contributed by atoms with van der Waals surface area (Å²) >= 11 is 0. The van der Waals surface area contributed by atoms with Gasteiger partial charge < -0.3 is 43.0 Å². The van der Waals surface area contributed by atoms with Gasteiger partial charge in [-0.15, -0.1) is 0 Å². The molecule has 6 nitrogen and oxygen atoms in total. The summed E-state index contributed by atoms with van der Waals surface area (Å²) in [6, 6.07) is 0. The van der Waals surface area contributed by atoms with Crippen molar-refractivity contribution in [1.29, 1.82) is 0 Å². The summed E-state index contributed by atoms with van der Waals surface area (Å²) in [7, 11) is 3.76. The van der Waals surface area contributed by atoms with Crippen molar-refractivity contribution in [3.63, 3.8) is 0 Å². The first-order chi connectivity index (χ1) is 23.3. The number of carbonyl (C=O) groups is 2. The molecule has 1 atom stereocenters. The van der Waals surface area contributed by atoms with E-state index in [4.69, 9.17) is 9.47 Å². The molecule has 0 heterocycles. The van der Waals surface area contributed by atoms with Crippen molar-refractivity contribution < 1.29 is 52.6 Å². The molecule has 1 unspecified atom stereocenters. The first kappa shape index (κ1) is 50.7. The number of ether oxygens (including phenoxy) is 2. The van der Waals surface area contributed by atoms with Gasteiger partial charge in [0.25, 0.3) is 0 Å². The molecule has 0 radical (unpaired) electrons. The summed E-state index contributed by atoms with van der Waals surface area (Å²) in [4.78, 5) is 25.0. The van der Waals surface area contributed by atoms with E-state index < -0.39 is 6.10 Å². The Bertz CT molecular complexity index is 705. The van der Waals surface area contributed by atoms with Gasteiger partial charge in [0.1, 0.15) is 13.2 Å². The highest BCUT2D eigenvalue weighted by Gasteiger charge is 2.26. The van der Waals surface area contributed by atoms with Crippen molar-refractivity contribution in [3.05, 3.63) is 0 Å². The Morgan fingerprint density at radius 2 is 0.776 bits per heavy atom. The quantitative estimate of drug-likeness (QED) is 0.0222. The average molecular weight is 810 g/mol. The van der Waals surface area contributed by atoms with Gasteiger partial charge >= 0.3 is 11.9 Å². The van der Waals surface area contributed by atoms with Crippen LogP contribution in [0, 0.1) is 0 Å². The fraction of sp³-hybridized carbons (Fsp3) is 0.952. The normalized spacial score (nSPS) is 12.1. The van der Waals surface area contributed by atoms with E-state index in [0.717, 1.165) is 25.7 Å². The molecule has 0 aromatic heterocycles. The third kappa shape index (κ3) is 38.6. The molecular formula is C42H84INO5. The van der Waals surface area contributed by atoms with E-state index in [0.29, 0.717) is 19.4 Å². The molecular weight excluding hydrogens is 725 g/mol. The molecule has 294 valence electrons. The van der Waals surface area contributed by atoms with Gasteiger partial charge in [-0.1, -0.05) is 194 Å². The van der Waals surface area contributed by atoms with E-state index >= 15 is 0 Å². The largest absolute Gasteiger partial charge is 1.00 e. The number of esters is 2. The summed E-state index contributed by atoms with van der Waals surface area (Å²) in [5, 5.41) is 9.73. The average Bonchev–Trinajstić information content (AvgIpc) is 3.07. The molecule has 0 aliphatic carbocycles. The number of likely N-dealkylation sites (N-methyl/N-ethyl adjacent to an activating group) is 1. The number of rotatable bonds is 38. The smallest absolute Gasteiger partial charge is 0.306 e. The van der Waals surface area contributed by atoms with Gasteiger partial charge in [0.2, 0.25) is 0 Å². The summed E-state index contributed by atoms with van der Waals surface area (Å²) < 4.78 is 11.6. The maximum Gasteiger partial charge on any atom is 0.306 e. The van der Waals surface area contributed by atoms with E-state index in [1.54, 1.807) is 0 Å². The SMILES string of the molecule is CCCCCCCCCCCCCCCCCC(=O)OCC(C[N+](C)(C)CO)OC(=O)CCCCCCCCCCCCCCCCC.[I-]. The standard InChI is InChI=1S/C42H84NO5.HI/c1-5-7-9-11-13-15-17-19-21-23-25-27-29-31-33-35-41(45)47-38-40(37-43(3,4)39-44)48-42(46)36-34-32-30-28-26-24-22-20-18-16-14-12-10-8-6-2;/h40,44H,5-39H2,1-4H3;1H/q+1;/p-1. The second kappa shape index (κ2) is 38.8. The van der Waals surface area contributed by atoms with Crippen LogP contribution in [0.25, 0.3) is 0 Å². The Balaban J connectivity index is 0. The maximum atomic E-state index is 12.6. The minimum atomic E-state index is -0.541. The van der Waals surface area contributed by atoms with Crippen LogP contribution in [0.3, 0.4) is 0 Å². The van der Waals surface area contributed by atoms with Gasteiger partial charge in [0, 0.05) is 12.8 Å². The summed E-state index contributed by atoms with van der Waals surface area (Å²) in [6.07, 6.45) is 39.1. The van der Waals surface area contributed by atoms with Crippen LogP contribution in [0.2, 0.25) is 0 Å². The summed E-state index contributed by atoms with van der Waals surface area (Å²) in [5.41, 5.74) is 0. The second-order valence-electron chi connectivity index (χ2n) is 15.5. The lowest BCUT2D eigenvalue weighted by Gasteiger charge is -2.30. The van der Waals surface area contributed by atoms with Crippen LogP contribution in [-0.4, -0.2) is 61.6 Å². The zero-order valence-corrected chi connectivity index (χ0v) is 35.4. The summed E-state index contributed by atoms with van der Waals surface area (Å²) in [6.45, 7) is 4.95. The van der Waals surface area contributed by atoms with Gasteiger partial charge in [0.15, 0.2) is 12.8 Å². The Morgan fingerprint density at radius 1 is 0.490 bits per heavy atom. The third-order valence-electron chi connectivity index (χ3n) is 9.78. The van der Waals surface area contributed by atoms with Crippen molar-refractivity contribution in [2.24, 2.45) is 0 Å². The molecule has 7 heteroatoms. The van der Waals surface area contributed by atoms with E-state index in [-0.39, 0.29) is 53.7 Å². The lowest BCUT2D eigenvalue weighted by atomic mass is 10.0. The number of quaternary nitrogens is 1. The molecule has 0 aliphatic heterocycles. The molecule has 0 spiro atoms. The molecule has 0 aromatic rings. The number of halogens is 1. The number of hydrogen-bond donors (Lipinski definition) is 1. The van der Waals surface area contributed by atoms with Crippen LogP contribution in [0.15, 0.2) is 0 Å². The van der Waals surface area contributed by atoms with E-state index in [1.807, 2.05) is 14.1 Å². The Labute approximate surface area is 322 Å². The highest BCUT2D eigenvalue weighted by Crippen LogP contribution is 2.16. The molecule has 0 aromatic carbocycles. The first-order valence-corrected chi connectivity index (χ1v) is 21.1. The van der Waals surface area contributed by atoms with Crippen molar-refractivity contribution >= 4 is 11.9 Å². The maximum absolute atomic E-state index is 12.6. The minimum absolute atomic E-state index is 0. The summed E-state index contributed by atoms with van der Waals surface area (Å²) in [5.74, 6) is -0.450. The molecule has 1 N–H and O–H groups in total. The minimum Gasteiger partial charge on any atom is -1.00 e. The van der Waals surface area contributed by atoms with Crippen molar-refractivity contribution in [2.45, 2.75) is 225 Å². The molecule has 0 saturated heterocycles. The number of aliphatic hydroxyl groups excluding tert-OH is 1. The molecule has 49 heavy (non-hydrogen) atoms. The monoisotopic (exact) mass is 810 g/mol. The fourth-order valence-electron chi connectivity index (χ4n) is 6.52. The van der Waals surface area contributed by atoms with E-state index in [1.165, 1.54) is 167 Å². The number of unbranched alkanes of at least 4 members (excludes halogenated alkanes) is 28. The van der Waals surface area contributed by atoms with Gasteiger partial charge in [-0.3, -0.25) is 9.59 Å². The first-order valence-electron chi connectivity index (χ1n) is 21.1. The van der Waals surface area contributed by atoms with Gasteiger partial charge in [-0.2, -0.15) is 0 Å². The number of hydrogen-bond acceptors (Lipinski definition) is 5. The van der Waals surface area contributed by atoms with Crippen molar-refractivity contribution in [1.82, 2.24) is 0 Å². The van der Waals surface area contributed by atoms with E-state index in [9.17, 15) is 14.7 Å². The van der Waals surface area contributed by atoms with Gasteiger partial charge in [0.05, 0.1) is 14.1 Å². The van der Waals surface area contributed by atoms with Crippen LogP contribution >= 0.6 is 0 Å². The molecule has 0 fully saturated rings. The predicted molar refractivity (Wildman–Crippen MR) is 204 cm³/mol. The molecule has 0 amide bonds. The Morgan fingerprint density at radius 3 is 1.08 bits per heavy atom. The van der Waals surface area contributed by atoms with Crippen LogP contribution in [0.5, 0.6) is 0 Å². The Kier molecular flexibility index (Phi) is 40.2. The van der Waals surface area contributed by atoms with Crippen LogP contribution in [0.4, 0.5) is 0 Å². The molecule has 0 rings (SSSR count). The van der Waals surface area contributed by atoms with Crippen molar-refractivity contribution in [3.8, 4) is 0 Å². The Hall–Kier alpha value is -0.410. The second-order valence-corrected chi connectivity index (χ2v) is 15.5. The molecule has 0 aliphatic rings. The van der Waals surface area contributed by atoms with Crippen LogP contribution in [0.1, 0.15) is 219 Å². The predicted octanol–water partition coefficient (Wildman–Crippen LogP) is 8.99. The fourth-order valence-corrected chi connectivity index (χ4v) is 6.52. The lowest BCUT2D eigenvalue weighted by Crippen LogP contribution is -3.00. The molecule has 0 bridgehead atoms. The van der Waals surface area contributed by atoms with E-state index in [2.05, 4.69) is 13.8 Å².